The number of aryl methyl sites for hydroxylation is 9. The molecule has 0 heterocycles. The van der Waals surface area contributed by atoms with E-state index in [1.807, 2.05) is 135 Å². The molecule has 0 bridgehead atoms. The molecule has 7 aromatic rings. The molecule has 0 atom stereocenters. The van der Waals surface area contributed by atoms with E-state index in [0.29, 0.717) is 63.5 Å². The van der Waals surface area contributed by atoms with Gasteiger partial charge in [0.1, 0.15) is 40.2 Å². The number of esters is 3. The van der Waals surface area contributed by atoms with E-state index in [2.05, 4.69) is 0 Å². The van der Waals surface area contributed by atoms with Gasteiger partial charge in [0.05, 0.1) is 21.3 Å². The number of hydrogen-bond donors (Lipinski definition) is 4. The quantitative estimate of drug-likeness (QED) is 0.0341. The second-order valence-electron chi connectivity index (χ2n) is 20.0. The summed E-state index contributed by atoms with van der Waals surface area (Å²) in [5.41, 5.74) is 15.0. The summed E-state index contributed by atoms with van der Waals surface area (Å²) < 4.78 is 34.0. The summed E-state index contributed by atoms with van der Waals surface area (Å²) in [7, 11) is 3.89. The van der Waals surface area contributed by atoms with Gasteiger partial charge < -0.3 is 48.8 Å². The van der Waals surface area contributed by atoms with Gasteiger partial charge in [-0.3, -0.25) is 0 Å². The molecule has 0 aliphatic heterocycles. The maximum absolute atomic E-state index is 12.9. The molecule has 13 heteroatoms. The molecule has 0 saturated carbocycles. The lowest BCUT2D eigenvalue weighted by molar-refractivity contribution is -0.143. The van der Waals surface area contributed by atoms with Gasteiger partial charge in [-0.1, -0.05) is 66.2 Å². The fraction of sp³-hybridized carbons (Fsp3) is 0.297. The van der Waals surface area contributed by atoms with Crippen molar-refractivity contribution in [3.05, 3.63) is 203 Å². The first kappa shape index (κ1) is 56.3. The van der Waals surface area contributed by atoms with Gasteiger partial charge in [-0.25, -0.2) is 14.4 Å². The molecule has 4 N–H and O–H groups in total. The van der Waals surface area contributed by atoms with Gasteiger partial charge in [0.15, 0.2) is 19.8 Å². The van der Waals surface area contributed by atoms with Gasteiger partial charge in [-0.15, -0.1) is 0 Å². The average Bonchev–Trinajstić information content (AvgIpc) is 3.38. The molecule has 7 rings (SSSR count). The minimum Gasteiger partial charge on any atom is -0.508 e. The Bertz CT molecular complexity index is 3060. The zero-order valence-electron chi connectivity index (χ0n) is 45.9. The van der Waals surface area contributed by atoms with Crippen molar-refractivity contribution in [3.63, 3.8) is 0 Å². The first-order chi connectivity index (χ1) is 36.6. The summed E-state index contributed by atoms with van der Waals surface area (Å²) in [4.78, 5) is 38.1. The van der Waals surface area contributed by atoms with Crippen LogP contribution in [0.15, 0.2) is 97.1 Å². The Labute approximate surface area is 450 Å². The van der Waals surface area contributed by atoms with Crippen LogP contribution in [-0.4, -0.2) is 79.5 Å². The number of ether oxygens (including phenoxy) is 6. The highest BCUT2D eigenvalue weighted by Gasteiger charge is 2.29. The summed E-state index contributed by atoms with van der Waals surface area (Å²) in [6, 6.07) is 30.3. The first-order valence-electron chi connectivity index (χ1n) is 25.3. The lowest BCUT2D eigenvalue weighted by Gasteiger charge is -2.27. The molecule has 402 valence electrons. The van der Waals surface area contributed by atoms with Crippen molar-refractivity contribution >= 4 is 17.9 Å². The fourth-order valence-electron chi connectivity index (χ4n) is 10.1. The zero-order valence-corrected chi connectivity index (χ0v) is 45.9. The number of aromatic hydroxyl groups is 4. The van der Waals surface area contributed by atoms with Crippen molar-refractivity contribution in [1.29, 1.82) is 0 Å². The number of phenols is 4. The maximum Gasteiger partial charge on any atom is 0.343 e. The monoisotopic (exact) mass is 1040 g/mol. The van der Waals surface area contributed by atoms with Crippen molar-refractivity contribution < 1.29 is 63.2 Å². The number of phenolic OH excluding ortho intramolecular Hbond substituents is 4. The van der Waals surface area contributed by atoms with Crippen molar-refractivity contribution in [2.45, 2.75) is 87.0 Å². The molecule has 0 radical (unpaired) electrons. The second-order valence-corrected chi connectivity index (χ2v) is 20.0. The molecule has 0 fully saturated rings. The van der Waals surface area contributed by atoms with Crippen molar-refractivity contribution in [3.8, 4) is 40.2 Å². The molecule has 0 unspecified atom stereocenters. The number of methoxy groups -OCH3 is 3. The lowest BCUT2D eigenvalue weighted by atomic mass is 9.78. The summed E-state index contributed by atoms with van der Waals surface area (Å²) in [6.07, 6.45) is 0.631. The summed E-state index contributed by atoms with van der Waals surface area (Å²) in [5, 5.41) is 43.3. The van der Waals surface area contributed by atoms with Crippen LogP contribution in [0.5, 0.6) is 40.2 Å². The van der Waals surface area contributed by atoms with Crippen molar-refractivity contribution in [2.24, 2.45) is 0 Å². The van der Waals surface area contributed by atoms with Crippen LogP contribution in [0.25, 0.3) is 0 Å². The van der Waals surface area contributed by atoms with Crippen LogP contribution < -0.4 is 14.2 Å². The van der Waals surface area contributed by atoms with Gasteiger partial charge in [0.25, 0.3) is 0 Å². The van der Waals surface area contributed by atoms with Crippen molar-refractivity contribution in [2.75, 3.05) is 41.2 Å². The molecule has 13 nitrogen and oxygen atoms in total. The van der Waals surface area contributed by atoms with E-state index in [-0.39, 0.29) is 42.8 Å². The highest BCUT2D eigenvalue weighted by atomic mass is 16.6. The average molecular weight is 1050 g/mol. The van der Waals surface area contributed by atoms with E-state index in [4.69, 9.17) is 28.4 Å². The molecular weight excluding hydrogens is 977 g/mol. The van der Waals surface area contributed by atoms with Crippen LogP contribution in [0.4, 0.5) is 0 Å². The van der Waals surface area contributed by atoms with E-state index in [9.17, 15) is 34.8 Å². The van der Waals surface area contributed by atoms with Crippen LogP contribution in [-0.2, 0) is 41.4 Å². The summed E-state index contributed by atoms with van der Waals surface area (Å²) >= 11 is 0. The first-order valence-corrected chi connectivity index (χ1v) is 25.3. The molecule has 0 spiro atoms. The molecule has 77 heavy (non-hydrogen) atoms. The molecule has 0 aliphatic rings. The Balaban J connectivity index is 1.42. The molecule has 0 aliphatic carbocycles. The van der Waals surface area contributed by atoms with Crippen LogP contribution in [0, 0.1) is 62.3 Å². The van der Waals surface area contributed by atoms with E-state index < -0.39 is 29.7 Å². The smallest absolute Gasteiger partial charge is 0.343 e. The third-order valence-electron chi connectivity index (χ3n) is 14.2. The Hall–Kier alpha value is -8.45. The number of benzene rings is 7. The highest BCUT2D eigenvalue weighted by molar-refractivity contribution is 5.72. The number of hydrogen-bond acceptors (Lipinski definition) is 13. The highest BCUT2D eigenvalue weighted by Crippen LogP contribution is 2.46. The Morgan fingerprint density at radius 3 is 0.974 bits per heavy atom. The van der Waals surface area contributed by atoms with E-state index in [1.165, 1.54) is 21.3 Å². The minimum absolute atomic E-state index is 0.151. The SMILES string of the molecule is COC(=O)COc1ccc(Cc2cc(C)cc(Cc3ccc(OCC(=O)OC)c(C(c4cc(C)c(O)cc4C)c4cc(C)c(O)cc4C)c3)c2OCC(=O)OC)cc1C(c1cc(C)c(O)cc1C)c1cc(C)c(O)cc1C. The summed E-state index contributed by atoms with van der Waals surface area (Å²) in [6.45, 7) is 16.0. The van der Waals surface area contributed by atoms with Crippen LogP contribution in [0.3, 0.4) is 0 Å². The van der Waals surface area contributed by atoms with Gasteiger partial charge in [0, 0.05) is 35.8 Å². The predicted molar refractivity (Wildman–Crippen MR) is 294 cm³/mol. The Morgan fingerprint density at radius 1 is 0.377 bits per heavy atom. The largest absolute Gasteiger partial charge is 0.508 e. The molecule has 0 amide bonds. The standard InChI is InChI=1S/C64H68O13/c1-34-17-45(27-43-13-15-57(75-31-59(69)72-10)51(29-43)62(47-19-39(6)53(65)23-35(47)2)48-20-40(7)54(66)24-36(48)3)64(77-33-61(71)74-12)46(18-34)28-44-14-16-58(76-32-60(70)73-11)52(30-44)63(49-21-41(8)55(67)25-37(49)4)50-22-42(9)56(68)26-38(50)5/h13-26,29-30,62-63,65-68H,27-28,31-33H2,1-12H3. The van der Waals surface area contributed by atoms with E-state index >= 15 is 0 Å². The zero-order chi connectivity index (χ0) is 56.0. The fourth-order valence-corrected chi connectivity index (χ4v) is 10.1. The van der Waals surface area contributed by atoms with Gasteiger partial charge in [-0.05, 0) is 188 Å². The van der Waals surface area contributed by atoms with Crippen LogP contribution >= 0.6 is 0 Å². The van der Waals surface area contributed by atoms with Gasteiger partial charge in [0.2, 0.25) is 0 Å². The minimum atomic E-state index is -0.574. The number of rotatable bonds is 19. The third kappa shape index (κ3) is 12.8. The summed E-state index contributed by atoms with van der Waals surface area (Å²) in [5.74, 6) is -0.790. The van der Waals surface area contributed by atoms with Crippen LogP contribution in [0.1, 0.15) is 118 Å². The normalized spacial score (nSPS) is 11.2. The van der Waals surface area contributed by atoms with Crippen LogP contribution in [0.2, 0.25) is 0 Å². The molecule has 0 aromatic heterocycles. The van der Waals surface area contributed by atoms with Gasteiger partial charge in [-0.2, -0.15) is 0 Å². The van der Waals surface area contributed by atoms with E-state index in [0.717, 1.165) is 72.3 Å². The Kier molecular flexibility index (Phi) is 17.6. The topological polar surface area (TPSA) is 188 Å². The second kappa shape index (κ2) is 24.0. The lowest BCUT2D eigenvalue weighted by Crippen LogP contribution is -2.16. The van der Waals surface area contributed by atoms with E-state index in [1.54, 1.807) is 24.3 Å². The number of carbonyl (C=O) groups excluding carboxylic acids is 3. The van der Waals surface area contributed by atoms with Gasteiger partial charge >= 0.3 is 17.9 Å². The Morgan fingerprint density at radius 2 is 0.675 bits per heavy atom. The van der Waals surface area contributed by atoms with Crippen molar-refractivity contribution in [1.82, 2.24) is 0 Å². The predicted octanol–water partition coefficient (Wildman–Crippen LogP) is 11.5. The molecular formula is C64H68O13. The molecule has 7 aromatic carbocycles. The molecule has 0 saturated heterocycles. The third-order valence-corrected chi connectivity index (χ3v) is 14.2. The number of carbonyl (C=O) groups is 3. The maximum atomic E-state index is 12.9.